The van der Waals surface area contributed by atoms with Gasteiger partial charge >= 0.3 is 0 Å². The summed E-state index contributed by atoms with van der Waals surface area (Å²) in [5.74, 6) is 0.778. The lowest BCUT2D eigenvalue weighted by Crippen LogP contribution is -2.33. The molecule has 2 unspecified atom stereocenters. The minimum Gasteiger partial charge on any atom is -0.316 e. The standard InChI is InChI=1S/C10H22N2O2S/c1-3-5-9-8-10(9)12-15(13,14)7-6-11-4-2/h9-12H,3-8H2,1-2H3. The molecule has 0 heterocycles. The van der Waals surface area contributed by atoms with E-state index >= 15 is 0 Å². The Morgan fingerprint density at radius 2 is 2.07 bits per heavy atom. The highest BCUT2D eigenvalue weighted by Gasteiger charge is 2.38. The third-order valence-corrected chi connectivity index (χ3v) is 4.11. The summed E-state index contributed by atoms with van der Waals surface area (Å²) < 4.78 is 25.9. The van der Waals surface area contributed by atoms with Gasteiger partial charge in [0.15, 0.2) is 0 Å². The zero-order valence-corrected chi connectivity index (χ0v) is 10.4. The molecule has 5 heteroatoms. The topological polar surface area (TPSA) is 58.2 Å². The van der Waals surface area contributed by atoms with Gasteiger partial charge in [-0.15, -0.1) is 0 Å². The van der Waals surface area contributed by atoms with Gasteiger partial charge < -0.3 is 5.32 Å². The second kappa shape index (κ2) is 5.82. The van der Waals surface area contributed by atoms with Crippen LogP contribution in [0.5, 0.6) is 0 Å². The van der Waals surface area contributed by atoms with Crippen LogP contribution in [0.3, 0.4) is 0 Å². The van der Waals surface area contributed by atoms with Crippen LogP contribution in [0, 0.1) is 5.92 Å². The van der Waals surface area contributed by atoms with E-state index < -0.39 is 10.0 Å². The molecule has 1 aliphatic carbocycles. The molecular formula is C10H22N2O2S. The molecule has 0 amide bonds. The molecule has 1 saturated carbocycles. The van der Waals surface area contributed by atoms with Gasteiger partial charge in [-0.05, 0) is 25.3 Å². The second-order valence-electron chi connectivity index (χ2n) is 4.18. The lowest BCUT2D eigenvalue weighted by atomic mass is 10.2. The molecule has 0 aromatic rings. The van der Waals surface area contributed by atoms with E-state index in [1.54, 1.807) is 0 Å². The van der Waals surface area contributed by atoms with Gasteiger partial charge in [-0.2, -0.15) is 0 Å². The second-order valence-corrected chi connectivity index (χ2v) is 6.05. The maximum atomic E-state index is 11.6. The lowest BCUT2D eigenvalue weighted by molar-refractivity contribution is 0.569. The van der Waals surface area contributed by atoms with Crippen LogP contribution in [0.1, 0.15) is 33.1 Å². The van der Waals surface area contributed by atoms with Gasteiger partial charge in [0.1, 0.15) is 0 Å². The Morgan fingerprint density at radius 3 is 2.67 bits per heavy atom. The van der Waals surface area contributed by atoms with Crippen molar-refractivity contribution in [1.29, 1.82) is 0 Å². The fraction of sp³-hybridized carbons (Fsp3) is 1.00. The van der Waals surface area contributed by atoms with Crippen LogP contribution in [-0.4, -0.2) is 33.3 Å². The normalized spacial score (nSPS) is 25.5. The van der Waals surface area contributed by atoms with Gasteiger partial charge in [0.2, 0.25) is 10.0 Å². The van der Waals surface area contributed by atoms with E-state index in [-0.39, 0.29) is 11.8 Å². The Hall–Kier alpha value is -0.130. The third kappa shape index (κ3) is 4.95. The number of sulfonamides is 1. The molecule has 0 bridgehead atoms. The van der Waals surface area contributed by atoms with Crippen molar-refractivity contribution in [1.82, 2.24) is 10.0 Å². The molecule has 1 rings (SSSR count). The molecule has 2 N–H and O–H groups in total. The Labute approximate surface area is 92.9 Å². The highest BCUT2D eigenvalue weighted by molar-refractivity contribution is 7.89. The SMILES string of the molecule is CCCC1CC1NS(=O)(=O)CCNCC. The van der Waals surface area contributed by atoms with Crippen molar-refractivity contribution in [2.75, 3.05) is 18.8 Å². The first-order chi connectivity index (χ1) is 7.09. The molecular weight excluding hydrogens is 212 g/mol. The highest BCUT2D eigenvalue weighted by Crippen LogP contribution is 2.34. The quantitative estimate of drug-likeness (QED) is 0.608. The smallest absolute Gasteiger partial charge is 0.213 e. The Kier molecular flexibility index (Phi) is 5.02. The first-order valence-corrected chi connectivity index (χ1v) is 7.45. The minimum atomic E-state index is -3.05. The molecule has 15 heavy (non-hydrogen) atoms. The summed E-state index contributed by atoms with van der Waals surface area (Å²) in [5.41, 5.74) is 0. The molecule has 0 aromatic heterocycles. The van der Waals surface area contributed by atoms with Gasteiger partial charge in [0.25, 0.3) is 0 Å². The number of hydrogen-bond acceptors (Lipinski definition) is 3. The first-order valence-electron chi connectivity index (χ1n) is 5.79. The van der Waals surface area contributed by atoms with Gasteiger partial charge in [-0.3, -0.25) is 0 Å². The molecule has 0 aromatic carbocycles. The summed E-state index contributed by atoms with van der Waals surface area (Å²) >= 11 is 0. The third-order valence-electron chi connectivity index (χ3n) is 2.71. The summed E-state index contributed by atoms with van der Waals surface area (Å²) in [7, 11) is -3.05. The van der Waals surface area contributed by atoms with Crippen molar-refractivity contribution < 1.29 is 8.42 Å². The van der Waals surface area contributed by atoms with Crippen LogP contribution in [0.4, 0.5) is 0 Å². The maximum Gasteiger partial charge on any atom is 0.213 e. The average Bonchev–Trinajstić information content (AvgIpc) is 2.83. The number of rotatable bonds is 8. The molecule has 90 valence electrons. The van der Waals surface area contributed by atoms with E-state index in [0.29, 0.717) is 12.5 Å². The predicted octanol–water partition coefficient (Wildman–Crippen LogP) is 0.704. The van der Waals surface area contributed by atoms with Gasteiger partial charge in [0, 0.05) is 12.6 Å². The lowest BCUT2D eigenvalue weighted by Gasteiger charge is -2.06. The zero-order chi connectivity index (χ0) is 11.3. The minimum absolute atomic E-state index is 0.191. The fourth-order valence-corrected chi connectivity index (χ4v) is 3.04. The average molecular weight is 234 g/mol. The Morgan fingerprint density at radius 1 is 1.33 bits per heavy atom. The maximum absolute atomic E-state index is 11.6. The van der Waals surface area contributed by atoms with E-state index in [0.717, 1.165) is 25.8 Å². The van der Waals surface area contributed by atoms with Crippen molar-refractivity contribution in [3.8, 4) is 0 Å². The summed E-state index contributed by atoms with van der Waals surface area (Å²) in [6.45, 7) is 5.46. The monoisotopic (exact) mass is 234 g/mol. The fourth-order valence-electron chi connectivity index (χ4n) is 1.75. The van der Waals surface area contributed by atoms with E-state index in [1.807, 2.05) is 6.92 Å². The summed E-state index contributed by atoms with van der Waals surface area (Å²) in [5, 5.41) is 3.02. The first kappa shape index (κ1) is 12.9. The summed E-state index contributed by atoms with van der Waals surface area (Å²) in [4.78, 5) is 0. The molecule has 2 atom stereocenters. The molecule has 1 aliphatic rings. The van der Waals surface area contributed by atoms with E-state index in [1.165, 1.54) is 0 Å². The van der Waals surface area contributed by atoms with E-state index in [2.05, 4.69) is 17.0 Å². The van der Waals surface area contributed by atoms with Crippen molar-refractivity contribution >= 4 is 10.0 Å². The van der Waals surface area contributed by atoms with Crippen molar-refractivity contribution in [2.24, 2.45) is 5.92 Å². The van der Waals surface area contributed by atoms with Crippen LogP contribution < -0.4 is 10.0 Å². The van der Waals surface area contributed by atoms with Crippen molar-refractivity contribution in [3.63, 3.8) is 0 Å². The van der Waals surface area contributed by atoms with Crippen LogP contribution in [0.25, 0.3) is 0 Å². The predicted molar refractivity (Wildman–Crippen MR) is 62.3 cm³/mol. The molecule has 0 spiro atoms. The summed E-state index contributed by atoms with van der Waals surface area (Å²) in [6.07, 6.45) is 3.30. The summed E-state index contributed by atoms with van der Waals surface area (Å²) in [6, 6.07) is 0.219. The Bertz CT molecular complexity index is 277. The Balaban J connectivity index is 2.20. The molecule has 0 radical (unpaired) electrons. The van der Waals surface area contributed by atoms with E-state index in [4.69, 9.17) is 0 Å². The largest absolute Gasteiger partial charge is 0.316 e. The number of hydrogen-bond donors (Lipinski definition) is 2. The van der Waals surface area contributed by atoms with Crippen molar-refractivity contribution in [3.05, 3.63) is 0 Å². The van der Waals surface area contributed by atoms with Crippen LogP contribution in [0.15, 0.2) is 0 Å². The van der Waals surface area contributed by atoms with E-state index in [9.17, 15) is 8.42 Å². The molecule has 0 saturated heterocycles. The van der Waals surface area contributed by atoms with Gasteiger partial charge in [0.05, 0.1) is 5.75 Å². The van der Waals surface area contributed by atoms with Gasteiger partial charge in [-0.1, -0.05) is 20.3 Å². The number of nitrogens with one attached hydrogen (secondary N) is 2. The highest BCUT2D eigenvalue weighted by atomic mass is 32.2. The van der Waals surface area contributed by atoms with Crippen molar-refractivity contribution in [2.45, 2.75) is 39.2 Å². The van der Waals surface area contributed by atoms with Gasteiger partial charge in [-0.25, -0.2) is 13.1 Å². The van der Waals surface area contributed by atoms with Crippen LogP contribution >= 0.6 is 0 Å². The zero-order valence-electron chi connectivity index (χ0n) is 9.62. The molecule has 4 nitrogen and oxygen atoms in total. The molecule has 0 aliphatic heterocycles. The van der Waals surface area contributed by atoms with Crippen LogP contribution in [-0.2, 0) is 10.0 Å². The molecule has 1 fully saturated rings. The van der Waals surface area contributed by atoms with Crippen LogP contribution in [0.2, 0.25) is 0 Å².